The summed E-state index contributed by atoms with van der Waals surface area (Å²) in [5.41, 5.74) is 3.34. The number of thiophene rings is 1. The summed E-state index contributed by atoms with van der Waals surface area (Å²) < 4.78 is 1.89. The number of nitrogens with zero attached hydrogens (tertiary/aromatic N) is 1. The van der Waals surface area contributed by atoms with E-state index in [9.17, 15) is 4.79 Å². The third kappa shape index (κ3) is 3.41. The maximum Gasteiger partial charge on any atom is 0.184 e. The number of hydrogen-bond acceptors (Lipinski definition) is 3. The molecule has 0 saturated carbocycles. The van der Waals surface area contributed by atoms with Crippen LogP contribution in [-0.4, -0.2) is 18.9 Å². The standard InChI is InChI=1S/C16H15Br2NOS/c17-15-9-12(16(18)21-15)14(20)10-19-8-4-3-6-11-5-1-2-7-13(11)19/h1-2,5,7,9H,3-4,6,8,10H2. The van der Waals surface area contributed by atoms with Crippen molar-refractivity contribution in [1.82, 2.24) is 0 Å². The molecule has 0 saturated heterocycles. The Morgan fingerprint density at radius 1 is 1.24 bits per heavy atom. The highest BCUT2D eigenvalue weighted by Gasteiger charge is 2.20. The van der Waals surface area contributed by atoms with Crippen LogP contribution in [0.5, 0.6) is 0 Å². The Labute approximate surface area is 145 Å². The first-order chi connectivity index (χ1) is 10.1. The molecule has 0 fully saturated rings. The molecule has 1 aromatic carbocycles. The number of anilines is 1. The first kappa shape index (κ1) is 15.3. The molecule has 3 rings (SSSR count). The highest BCUT2D eigenvalue weighted by atomic mass is 79.9. The molecule has 2 aromatic rings. The van der Waals surface area contributed by atoms with Crippen LogP contribution in [0, 0.1) is 0 Å². The van der Waals surface area contributed by atoms with Crippen LogP contribution in [-0.2, 0) is 6.42 Å². The first-order valence-electron chi connectivity index (χ1n) is 6.96. The Morgan fingerprint density at radius 3 is 2.81 bits per heavy atom. The fraction of sp³-hybridized carbons (Fsp3) is 0.312. The number of benzene rings is 1. The summed E-state index contributed by atoms with van der Waals surface area (Å²) in [5, 5.41) is 0. The molecule has 5 heteroatoms. The van der Waals surface area contributed by atoms with Gasteiger partial charge in [-0.3, -0.25) is 4.79 Å². The Balaban J connectivity index is 1.84. The molecular weight excluding hydrogens is 414 g/mol. The summed E-state index contributed by atoms with van der Waals surface area (Å²) in [6.45, 7) is 1.39. The largest absolute Gasteiger partial charge is 0.364 e. The molecular formula is C16H15Br2NOS. The third-order valence-electron chi connectivity index (χ3n) is 3.75. The smallest absolute Gasteiger partial charge is 0.184 e. The quantitative estimate of drug-likeness (QED) is 0.618. The number of para-hydroxylation sites is 1. The molecule has 1 aliphatic rings. The lowest BCUT2D eigenvalue weighted by Gasteiger charge is -2.24. The molecule has 0 spiro atoms. The fourth-order valence-electron chi connectivity index (χ4n) is 2.72. The minimum atomic E-state index is 0.167. The molecule has 110 valence electrons. The van der Waals surface area contributed by atoms with Crippen LogP contribution in [0.3, 0.4) is 0 Å². The summed E-state index contributed by atoms with van der Waals surface area (Å²) in [6, 6.07) is 10.3. The monoisotopic (exact) mass is 427 g/mol. The van der Waals surface area contributed by atoms with Crippen LogP contribution in [0.15, 0.2) is 37.9 Å². The lowest BCUT2D eigenvalue weighted by molar-refractivity contribution is 0.0999. The molecule has 1 aliphatic heterocycles. The molecule has 0 radical (unpaired) electrons. The zero-order valence-electron chi connectivity index (χ0n) is 11.4. The van der Waals surface area contributed by atoms with Gasteiger partial charge in [0.15, 0.2) is 5.78 Å². The topological polar surface area (TPSA) is 20.3 Å². The minimum Gasteiger partial charge on any atom is -0.364 e. The van der Waals surface area contributed by atoms with Gasteiger partial charge in [-0.1, -0.05) is 18.2 Å². The van der Waals surface area contributed by atoms with E-state index >= 15 is 0 Å². The minimum absolute atomic E-state index is 0.167. The van der Waals surface area contributed by atoms with E-state index in [0.29, 0.717) is 6.54 Å². The summed E-state index contributed by atoms with van der Waals surface area (Å²) in [4.78, 5) is 14.8. The Bertz CT molecular complexity index is 668. The van der Waals surface area contributed by atoms with Crippen molar-refractivity contribution in [2.45, 2.75) is 19.3 Å². The molecule has 0 N–H and O–H groups in total. The second kappa shape index (κ2) is 6.63. The van der Waals surface area contributed by atoms with Crippen molar-refractivity contribution in [2.24, 2.45) is 0 Å². The van der Waals surface area contributed by atoms with Crippen LogP contribution < -0.4 is 4.90 Å². The Morgan fingerprint density at radius 2 is 2.05 bits per heavy atom. The second-order valence-electron chi connectivity index (χ2n) is 5.17. The van der Waals surface area contributed by atoms with Gasteiger partial charge in [-0.05, 0) is 68.8 Å². The highest BCUT2D eigenvalue weighted by Crippen LogP contribution is 2.33. The van der Waals surface area contributed by atoms with Crippen molar-refractivity contribution in [3.8, 4) is 0 Å². The van der Waals surface area contributed by atoms with Crippen LogP contribution in [0.4, 0.5) is 5.69 Å². The van der Waals surface area contributed by atoms with E-state index in [2.05, 4.69) is 61.0 Å². The van der Waals surface area contributed by atoms with E-state index in [4.69, 9.17) is 0 Å². The molecule has 0 atom stereocenters. The number of rotatable bonds is 3. The van der Waals surface area contributed by atoms with Crippen LogP contribution >= 0.6 is 43.2 Å². The van der Waals surface area contributed by atoms with Gasteiger partial charge in [0.2, 0.25) is 0 Å². The summed E-state index contributed by atoms with van der Waals surface area (Å²) >= 11 is 8.46. The molecule has 1 aromatic heterocycles. The lowest BCUT2D eigenvalue weighted by atomic mass is 10.1. The number of fused-ring (bicyclic) bond motifs is 1. The van der Waals surface area contributed by atoms with Crippen LogP contribution in [0.25, 0.3) is 0 Å². The van der Waals surface area contributed by atoms with Gasteiger partial charge in [0, 0.05) is 17.8 Å². The van der Waals surface area contributed by atoms with E-state index in [1.54, 1.807) is 11.3 Å². The van der Waals surface area contributed by atoms with Gasteiger partial charge in [-0.25, -0.2) is 0 Å². The first-order valence-corrected chi connectivity index (χ1v) is 9.36. The normalized spacial score (nSPS) is 14.7. The van der Waals surface area contributed by atoms with Crippen molar-refractivity contribution < 1.29 is 4.79 Å². The summed E-state index contributed by atoms with van der Waals surface area (Å²) in [7, 11) is 0. The van der Waals surface area contributed by atoms with E-state index in [1.807, 2.05) is 6.07 Å². The van der Waals surface area contributed by atoms with Crippen molar-refractivity contribution in [1.29, 1.82) is 0 Å². The average molecular weight is 429 g/mol. The van der Waals surface area contributed by atoms with E-state index in [-0.39, 0.29) is 5.78 Å². The Hall–Kier alpha value is -0.650. The van der Waals surface area contributed by atoms with Crippen LogP contribution in [0.2, 0.25) is 0 Å². The van der Waals surface area contributed by atoms with Crippen LogP contribution in [0.1, 0.15) is 28.8 Å². The van der Waals surface area contributed by atoms with Gasteiger partial charge in [0.05, 0.1) is 14.1 Å². The van der Waals surface area contributed by atoms with Gasteiger partial charge in [0.25, 0.3) is 0 Å². The second-order valence-corrected chi connectivity index (χ2v) is 8.92. The van der Waals surface area contributed by atoms with Crippen molar-refractivity contribution in [3.63, 3.8) is 0 Å². The zero-order valence-corrected chi connectivity index (χ0v) is 15.4. The van der Waals surface area contributed by atoms with E-state index in [0.717, 1.165) is 32.5 Å². The molecule has 0 aliphatic carbocycles. The van der Waals surface area contributed by atoms with Gasteiger partial charge in [0.1, 0.15) is 0 Å². The van der Waals surface area contributed by atoms with Crippen molar-refractivity contribution >= 4 is 54.7 Å². The number of carbonyl (C=O) groups excluding carboxylic acids is 1. The Kier molecular flexibility index (Phi) is 4.82. The third-order valence-corrected chi connectivity index (χ3v) is 6.09. The number of hydrogen-bond donors (Lipinski definition) is 0. The molecule has 0 unspecified atom stereocenters. The number of aryl methyl sites for hydroxylation is 1. The average Bonchev–Trinajstić information content (AvgIpc) is 2.69. The number of Topliss-reactive ketones (excluding diaryl/α,β-unsaturated/α-hetero) is 1. The van der Waals surface area contributed by atoms with Crippen molar-refractivity contribution in [2.75, 3.05) is 18.0 Å². The summed E-state index contributed by atoms with van der Waals surface area (Å²) in [6.07, 6.45) is 3.43. The SMILES string of the molecule is O=C(CN1CCCCc2ccccc21)c1cc(Br)sc1Br. The zero-order chi connectivity index (χ0) is 14.8. The van der Waals surface area contributed by atoms with Gasteiger partial charge < -0.3 is 4.90 Å². The van der Waals surface area contributed by atoms with Crippen molar-refractivity contribution in [3.05, 3.63) is 49.0 Å². The predicted octanol–water partition coefficient (Wildman–Crippen LogP) is 5.30. The number of halogens is 2. The molecule has 0 bridgehead atoms. The van der Waals surface area contributed by atoms with E-state index < -0.39 is 0 Å². The number of ketones is 1. The highest BCUT2D eigenvalue weighted by molar-refractivity contribution is 9.12. The summed E-state index contributed by atoms with van der Waals surface area (Å²) in [5.74, 6) is 0.167. The maximum atomic E-state index is 12.6. The fourth-order valence-corrected chi connectivity index (χ4v) is 5.58. The molecule has 2 heterocycles. The molecule has 21 heavy (non-hydrogen) atoms. The van der Waals surface area contributed by atoms with E-state index in [1.165, 1.54) is 17.7 Å². The van der Waals surface area contributed by atoms with Gasteiger partial charge in [-0.2, -0.15) is 0 Å². The maximum absolute atomic E-state index is 12.6. The molecule has 0 amide bonds. The predicted molar refractivity (Wildman–Crippen MR) is 95.6 cm³/mol. The number of carbonyl (C=O) groups is 1. The van der Waals surface area contributed by atoms with Gasteiger partial charge >= 0.3 is 0 Å². The lowest BCUT2D eigenvalue weighted by Crippen LogP contribution is -2.30. The molecule has 2 nitrogen and oxygen atoms in total. The van der Waals surface area contributed by atoms with Gasteiger partial charge in [-0.15, -0.1) is 11.3 Å².